The lowest BCUT2D eigenvalue weighted by molar-refractivity contribution is 0.668. The Morgan fingerprint density at radius 1 is 1.43 bits per heavy atom. The van der Waals surface area contributed by atoms with E-state index in [4.69, 9.17) is 0 Å². The average Bonchev–Trinajstić information content (AvgIpc) is 2.19. The van der Waals surface area contributed by atoms with Crippen LogP contribution in [0.1, 0.15) is 32.3 Å². The number of pyridine rings is 1. The van der Waals surface area contributed by atoms with E-state index in [0.717, 1.165) is 23.1 Å². The number of hydrogen-bond donors (Lipinski definition) is 1. The number of rotatable bonds is 4. The van der Waals surface area contributed by atoms with E-state index in [9.17, 15) is 0 Å². The van der Waals surface area contributed by atoms with Gasteiger partial charge in [-0.25, -0.2) is 4.98 Å². The molecule has 0 aromatic carbocycles. The summed E-state index contributed by atoms with van der Waals surface area (Å²) in [6.07, 6.45) is 4.14. The standard InChI is InChI=1S/C11H17BrN2/c1-4-9(5-2)14-11-6-10(12)8(3)7-13-11/h6-7,9H,4-5H2,1-3H3,(H,13,14). The minimum Gasteiger partial charge on any atom is -0.367 e. The molecule has 3 heteroatoms. The van der Waals surface area contributed by atoms with E-state index in [0.29, 0.717) is 6.04 Å². The van der Waals surface area contributed by atoms with Crippen LogP contribution < -0.4 is 5.32 Å². The molecule has 0 atom stereocenters. The van der Waals surface area contributed by atoms with Gasteiger partial charge in [-0.05, 0) is 31.4 Å². The first-order chi connectivity index (χ1) is 6.67. The Morgan fingerprint density at radius 3 is 2.57 bits per heavy atom. The summed E-state index contributed by atoms with van der Waals surface area (Å²) in [7, 11) is 0. The van der Waals surface area contributed by atoms with Crippen molar-refractivity contribution in [1.82, 2.24) is 4.98 Å². The van der Waals surface area contributed by atoms with Crippen LogP contribution in [0.5, 0.6) is 0 Å². The van der Waals surface area contributed by atoms with Crippen LogP contribution in [0, 0.1) is 6.92 Å². The molecule has 1 aromatic rings. The van der Waals surface area contributed by atoms with Gasteiger partial charge in [0.1, 0.15) is 5.82 Å². The lowest BCUT2D eigenvalue weighted by Crippen LogP contribution is -2.17. The molecule has 0 aliphatic heterocycles. The molecule has 1 aromatic heterocycles. The molecule has 0 fully saturated rings. The predicted molar refractivity (Wildman–Crippen MR) is 64.7 cm³/mol. The molecule has 1 heterocycles. The Balaban J connectivity index is 2.72. The van der Waals surface area contributed by atoms with Crippen molar-refractivity contribution in [3.63, 3.8) is 0 Å². The zero-order valence-electron chi connectivity index (χ0n) is 8.97. The van der Waals surface area contributed by atoms with Crippen LogP contribution in [0.3, 0.4) is 0 Å². The van der Waals surface area contributed by atoms with Crippen molar-refractivity contribution in [2.24, 2.45) is 0 Å². The highest BCUT2D eigenvalue weighted by molar-refractivity contribution is 9.10. The van der Waals surface area contributed by atoms with Crippen LogP contribution in [-0.2, 0) is 0 Å². The normalized spacial score (nSPS) is 10.6. The number of nitrogens with zero attached hydrogens (tertiary/aromatic N) is 1. The molecule has 78 valence electrons. The maximum Gasteiger partial charge on any atom is 0.127 e. The fourth-order valence-electron chi connectivity index (χ4n) is 1.28. The summed E-state index contributed by atoms with van der Waals surface area (Å²) in [6.45, 7) is 6.41. The first-order valence-corrected chi connectivity index (χ1v) is 5.85. The van der Waals surface area contributed by atoms with Gasteiger partial charge in [-0.1, -0.05) is 29.8 Å². The highest BCUT2D eigenvalue weighted by Gasteiger charge is 2.04. The van der Waals surface area contributed by atoms with Crippen LogP contribution in [0.15, 0.2) is 16.7 Å². The van der Waals surface area contributed by atoms with Crippen molar-refractivity contribution in [2.45, 2.75) is 39.7 Å². The van der Waals surface area contributed by atoms with Gasteiger partial charge in [-0.15, -0.1) is 0 Å². The van der Waals surface area contributed by atoms with Gasteiger partial charge >= 0.3 is 0 Å². The number of aryl methyl sites for hydroxylation is 1. The van der Waals surface area contributed by atoms with Crippen LogP contribution >= 0.6 is 15.9 Å². The van der Waals surface area contributed by atoms with Gasteiger partial charge in [-0.2, -0.15) is 0 Å². The SMILES string of the molecule is CCC(CC)Nc1cc(Br)c(C)cn1. The Morgan fingerprint density at radius 2 is 2.07 bits per heavy atom. The summed E-state index contributed by atoms with van der Waals surface area (Å²) < 4.78 is 1.11. The number of halogens is 1. The molecule has 0 saturated heterocycles. The fourth-order valence-corrected chi connectivity index (χ4v) is 1.60. The summed E-state index contributed by atoms with van der Waals surface area (Å²) in [5, 5.41) is 3.41. The van der Waals surface area contributed by atoms with E-state index in [1.54, 1.807) is 0 Å². The van der Waals surface area contributed by atoms with E-state index in [1.807, 2.05) is 19.2 Å². The molecule has 1 N–H and O–H groups in total. The maximum absolute atomic E-state index is 4.33. The lowest BCUT2D eigenvalue weighted by atomic mass is 10.2. The molecule has 14 heavy (non-hydrogen) atoms. The van der Waals surface area contributed by atoms with Crippen LogP contribution in [0.25, 0.3) is 0 Å². The molecule has 0 bridgehead atoms. The highest BCUT2D eigenvalue weighted by Crippen LogP contribution is 2.19. The Kier molecular flexibility index (Phi) is 4.39. The molecule has 0 aliphatic rings. The number of nitrogens with one attached hydrogen (secondary N) is 1. The molecule has 1 rings (SSSR count). The monoisotopic (exact) mass is 256 g/mol. The van der Waals surface area contributed by atoms with Gasteiger partial charge in [0.05, 0.1) is 0 Å². The largest absolute Gasteiger partial charge is 0.367 e. The Labute approximate surface area is 94.3 Å². The highest BCUT2D eigenvalue weighted by atomic mass is 79.9. The molecule has 2 nitrogen and oxygen atoms in total. The second kappa shape index (κ2) is 5.35. The van der Waals surface area contributed by atoms with Crippen molar-refractivity contribution in [2.75, 3.05) is 5.32 Å². The van der Waals surface area contributed by atoms with Gasteiger partial charge in [0.2, 0.25) is 0 Å². The number of aromatic nitrogens is 1. The second-order valence-electron chi connectivity index (χ2n) is 3.48. The predicted octanol–water partition coefficient (Wildman–Crippen LogP) is 3.75. The van der Waals surface area contributed by atoms with Crippen molar-refractivity contribution in [1.29, 1.82) is 0 Å². The minimum absolute atomic E-state index is 0.525. The zero-order chi connectivity index (χ0) is 10.6. The minimum atomic E-state index is 0.525. The van der Waals surface area contributed by atoms with Gasteiger partial charge < -0.3 is 5.32 Å². The van der Waals surface area contributed by atoms with Gasteiger partial charge in [0.25, 0.3) is 0 Å². The third-order valence-electron chi connectivity index (χ3n) is 2.38. The first kappa shape index (κ1) is 11.5. The molecule has 0 amide bonds. The van der Waals surface area contributed by atoms with Crippen molar-refractivity contribution >= 4 is 21.7 Å². The molecule has 0 radical (unpaired) electrons. The van der Waals surface area contributed by atoms with Crippen molar-refractivity contribution < 1.29 is 0 Å². The molecule has 0 unspecified atom stereocenters. The quantitative estimate of drug-likeness (QED) is 0.888. The van der Waals surface area contributed by atoms with Crippen molar-refractivity contribution in [3.8, 4) is 0 Å². The summed E-state index contributed by atoms with van der Waals surface area (Å²) in [5.74, 6) is 0.955. The lowest BCUT2D eigenvalue weighted by Gasteiger charge is -2.15. The zero-order valence-corrected chi connectivity index (χ0v) is 10.6. The summed E-state index contributed by atoms with van der Waals surface area (Å²) in [5.41, 5.74) is 1.17. The summed E-state index contributed by atoms with van der Waals surface area (Å²) in [6, 6.07) is 2.56. The van der Waals surface area contributed by atoms with Gasteiger partial charge in [-0.3, -0.25) is 0 Å². The van der Waals surface area contributed by atoms with Crippen LogP contribution in [0.2, 0.25) is 0 Å². The molecule has 0 saturated carbocycles. The third-order valence-corrected chi connectivity index (χ3v) is 3.23. The molecular weight excluding hydrogens is 240 g/mol. The Hall–Kier alpha value is -0.570. The molecular formula is C11H17BrN2. The summed E-state index contributed by atoms with van der Waals surface area (Å²) in [4.78, 5) is 4.33. The summed E-state index contributed by atoms with van der Waals surface area (Å²) >= 11 is 3.50. The van der Waals surface area contributed by atoms with E-state index in [-0.39, 0.29) is 0 Å². The van der Waals surface area contributed by atoms with Gasteiger partial charge in [0, 0.05) is 16.7 Å². The van der Waals surface area contributed by atoms with E-state index >= 15 is 0 Å². The van der Waals surface area contributed by atoms with Crippen molar-refractivity contribution in [3.05, 3.63) is 22.3 Å². The van der Waals surface area contributed by atoms with Crippen LogP contribution in [0.4, 0.5) is 5.82 Å². The second-order valence-corrected chi connectivity index (χ2v) is 4.33. The topological polar surface area (TPSA) is 24.9 Å². The molecule has 0 spiro atoms. The average molecular weight is 257 g/mol. The Bertz CT molecular complexity index is 295. The van der Waals surface area contributed by atoms with Gasteiger partial charge in [0.15, 0.2) is 0 Å². The smallest absolute Gasteiger partial charge is 0.127 e. The first-order valence-electron chi connectivity index (χ1n) is 5.06. The third kappa shape index (κ3) is 2.98. The number of anilines is 1. The van der Waals surface area contributed by atoms with E-state index in [1.165, 1.54) is 5.56 Å². The van der Waals surface area contributed by atoms with E-state index < -0.39 is 0 Å². The maximum atomic E-state index is 4.33. The number of hydrogen-bond acceptors (Lipinski definition) is 2. The fraction of sp³-hybridized carbons (Fsp3) is 0.545. The molecule has 0 aliphatic carbocycles. The van der Waals surface area contributed by atoms with Crippen LogP contribution in [-0.4, -0.2) is 11.0 Å². The van der Waals surface area contributed by atoms with E-state index in [2.05, 4.69) is 40.1 Å².